The zero-order valence-corrected chi connectivity index (χ0v) is 9.45. The molecule has 0 fully saturated rings. The standard InChI is InChI=1S/C7H13NO3S2/c1-4(2)5(6(9)13-12)8-7(10)11-3/h4-5,12H,1-3H3,(H,8,10)/t5-/m1/s1. The number of alkyl carbamates (subject to hydrolysis) is 1. The van der Waals surface area contributed by atoms with Gasteiger partial charge in [-0.05, 0) is 16.7 Å². The van der Waals surface area contributed by atoms with Crippen molar-refractivity contribution in [2.24, 2.45) is 5.92 Å². The largest absolute Gasteiger partial charge is 0.453 e. The third-order valence-electron chi connectivity index (χ3n) is 1.47. The number of amides is 1. The number of hydrogen-bond acceptors (Lipinski definition) is 5. The predicted octanol–water partition coefficient (Wildman–Crippen LogP) is 1.47. The Kier molecular flexibility index (Phi) is 5.98. The van der Waals surface area contributed by atoms with Crippen LogP contribution in [-0.4, -0.2) is 24.4 Å². The van der Waals surface area contributed by atoms with Crippen LogP contribution in [0.25, 0.3) is 0 Å². The van der Waals surface area contributed by atoms with Crippen LogP contribution in [0.3, 0.4) is 0 Å². The number of hydrogen-bond donors (Lipinski definition) is 2. The second-order valence-corrected chi connectivity index (χ2v) is 3.90. The maximum Gasteiger partial charge on any atom is 0.407 e. The van der Waals surface area contributed by atoms with Crippen LogP contribution in [-0.2, 0) is 9.53 Å². The molecule has 0 aromatic rings. The van der Waals surface area contributed by atoms with E-state index in [0.717, 1.165) is 10.8 Å². The SMILES string of the molecule is COC(=O)N[C@@H](C(=O)SS)C(C)C. The quantitative estimate of drug-likeness (QED) is 0.562. The van der Waals surface area contributed by atoms with Crippen LogP contribution in [0.4, 0.5) is 4.79 Å². The van der Waals surface area contributed by atoms with Crippen LogP contribution in [0.2, 0.25) is 0 Å². The minimum Gasteiger partial charge on any atom is -0.453 e. The third-order valence-corrected chi connectivity index (χ3v) is 2.44. The summed E-state index contributed by atoms with van der Waals surface area (Å²) in [5.74, 6) is 0.0197. The molecule has 0 saturated carbocycles. The smallest absolute Gasteiger partial charge is 0.407 e. The van der Waals surface area contributed by atoms with Gasteiger partial charge in [-0.25, -0.2) is 4.79 Å². The van der Waals surface area contributed by atoms with Gasteiger partial charge in [0, 0.05) is 0 Å². The topological polar surface area (TPSA) is 55.4 Å². The molecule has 13 heavy (non-hydrogen) atoms. The van der Waals surface area contributed by atoms with Crippen LogP contribution in [0.15, 0.2) is 0 Å². The lowest BCUT2D eigenvalue weighted by atomic mass is 10.1. The minimum absolute atomic E-state index is 0.0197. The summed E-state index contributed by atoms with van der Waals surface area (Å²) in [5, 5.41) is 2.25. The molecule has 0 aliphatic heterocycles. The van der Waals surface area contributed by atoms with Gasteiger partial charge in [-0.2, -0.15) is 0 Å². The molecule has 0 bridgehead atoms. The zero-order valence-electron chi connectivity index (χ0n) is 7.73. The van der Waals surface area contributed by atoms with Gasteiger partial charge >= 0.3 is 6.09 Å². The van der Waals surface area contributed by atoms with Crippen LogP contribution in [0.1, 0.15) is 13.8 Å². The van der Waals surface area contributed by atoms with Crippen molar-refractivity contribution in [2.45, 2.75) is 19.9 Å². The first-order valence-electron chi connectivity index (χ1n) is 3.72. The van der Waals surface area contributed by atoms with E-state index in [1.54, 1.807) is 0 Å². The average molecular weight is 223 g/mol. The van der Waals surface area contributed by atoms with Crippen molar-refractivity contribution in [1.29, 1.82) is 0 Å². The van der Waals surface area contributed by atoms with Gasteiger partial charge in [-0.1, -0.05) is 13.8 Å². The first kappa shape index (κ1) is 12.6. The average Bonchev–Trinajstić information content (AvgIpc) is 2.11. The Morgan fingerprint density at radius 1 is 1.46 bits per heavy atom. The van der Waals surface area contributed by atoms with Crippen LogP contribution >= 0.6 is 22.5 Å². The fraction of sp³-hybridized carbons (Fsp3) is 0.714. The molecule has 0 aromatic carbocycles. The Balaban J connectivity index is 4.26. The minimum atomic E-state index is -0.602. The lowest BCUT2D eigenvalue weighted by Gasteiger charge is -2.18. The van der Waals surface area contributed by atoms with Gasteiger partial charge in [-0.3, -0.25) is 4.79 Å². The number of rotatable bonds is 3. The molecule has 1 amide bonds. The summed E-state index contributed by atoms with van der Waals surface area (Å²) in [7, 11) is 2.05. The van der Waals surface area contributed by atoms with E-state index in [9.17, 15) is 9.59 Å². The van der Waals surface area contributed by atoms with Gasteiger partial charge in [0.15, 0.2) is 0 Å². The molecule has 0 saturated heterocycles. The van der Waals surface area contributed by atoms with E-state index < -0.39 is 12.1 Å². The monoisotopic (exact) mass is 223 g/mol. The summed E-state index contributed by atoms with van der Waals surface area (Å²) in [6.07, 6.45) is -0.602. The van der Waals surface area contributed by atoms with E-state index in [1.165, 1.54) is 7.11 Å². The number of nitrogens with one attached hydrogen (secondary N) is 1. The van der Waals surface area contributed by atoms with Gasteiger partial charge in [0.05, 0.1) is 7.11 Å². The molecule has 4 nitrogen and oxygen atoms in total. The van der Waals surface area contributed by atoms with Crippen molar-refractivity contribution in [1.82, 2.24) is 5.32 Å². The molecule has 1 atom stereocenters. The Morgan fingerprint density at radius 2 is 2.00 bits per heavy atom. The molecule has 0 unspecified atom stereocenters. The second-order valence-electron chi connectivity index (χ2n) is 2.77. The van der Waals surface area contributed by atoms with Gasteiger partial charge < -0.3 is 10.1 Å². The highest BCUT2D eigenvalue weighted by Crippen LogP contribution is 2.15. The first-order valence-corrected chi connectivity index (χ1v) is 5.59. The van der Waals surface area contributed by atoms with Crippen molar-refractivity contribution < 1.29 is 14.3 Å². The van der Waals surface area contributed by atoms with Gasteiger partial charge in [0.2, 0.25) is 5.12 Å². The summed E-state index contributed by atoms with van der Waals surface area (Å²) in [6, 6.07) is -0.546. The molecule has 0 aliphatic rings. The lowest BCUT2D eigenvalue weighted by molar-refractivity contribution is -0.113. The van der Waals surface area contributed by atoms with E-state index in [0.29, 0.717) is 0 Å². The van der Waals surface area contributed by atoms with Crippen LogP contribution in [0.5, 0.6) is 0 Å². The first-order chi connectivity index (χ1) is 6.02. The van der Waals surface area contributed by atoms with Crippen molar-refractivity contribution in [3.63, 3.8) is 0 Å². The summed E-state index contributed by atoms with van der Waals surface area (Å²) in [6.45, 7) is 3.67. The van der Waals surface area contributed by atoms with Gasteiger partial charge in [0.1, 0.15) is 6.04 Å². The van der Waals surface area contributed by atoms with Crippen LogP contribution < -0.4 is 5.32 Å². The van der Waals surface area contributed by atoms with E-state index in [2.05, 4.69) is 21.7 Å². The molecular formula is C7H13NO3S2. The molecule has 0 heterocycles. The summed E-state index contributed by atoms with van der Waals surface area (Å²) < 4.78 is 4.39. The van der Waals surface area contributed by atoms with Crippen molar-refractivity contribution in [3.8, 4) is 0 Å². The highest BCUT2D eigenvalue weighted by molar-refractivity contribution is 8.74. The predicted molar refractivity (Wildman–Crippen MR) is 55.8 cm³/mol. The normalized spacial score (nSPS) is 12.4. The molecule has 0 rings (SSSR count). The Bertz CT molecular complexity index is 196. The zero-order chi connectivity index (χ0) is 10.4. The Hall–Kier alpha value is -0.360. The molecule has 0 radical (unpaired) electrons. The molecule has 0 aliphatic carbocycles. The number of methoxy groups -OCH3 is 1. The Morgan fingerprint density at radius 3 is 2.31 bits per heavy atom. The molecular weight excluding hydrogens is 210 g/mol. The number of carbonyl (C=O) groups is 2. The van der Waals surface area contributed by atoms with E-state index >= 15 is 0 Å². The summed E-state index contributed by atoms with van der Waals surface area (Å²) in [5.41, 5.74) is 0. The van der Waals surface area contributed by atoms with Crippen molar-refractivity contribution in [3.05, 3.63) is 0 Å². The highest BCUT2D eigenvalue weighted by Gasteiger charge is 2.23. The fourth-order valence-electron chi connectivity index (χ4n) is 0.740. The van der Waals surface area contributed by atoms with E-state index in [1.807, 2.05) is 13.8 Å². The molecule has 0 aromatic heterocycles. The Labute approximate surface area is 86.6 Å². The number of carbonyl (C=O) groups excluding carboxylic acids is 2. The van der Waals surface area contributed by atoms with Crippen LogP contribution in [0, 0.1) is 5.92 Å². The van der Waals surface area contributed by atoms with E-state index in [-0.39, 0.29) is 11.0 Å². The molecule has 1 N–H and O–H groups in total. The lowest BCUT2D eigenvalue weighted by Crippen LogP contribution is -2.42. The summed E-state index contributed by atoms with van der Waals surface area (Å²) >= 11 is 3.78. The van der Waals surface area contributed by atoms with Crippen molar-refractivity contribution in [2.75, 3.05) is 7.11 Å². The molecule has 76 valence electrons. The summed E-state index contributed by atoms with van der Waals surface area (Å²) in [4.78, 5) is 22.0. The highest BCUT2D eigenvalue weighted by atomic mass is 33.1. The molecule has 0 spiro atoms. The maximum absolute atomic E-state index is 11.2. The fourth-order valence-corrected chi connectivity index (χ4v) is 1.53. The van der Waals surface area contributed by atoms with Gasteiger partial charge in [0.25, 0.3) is 0 Å². The van der Waals surface area contributed by atoms with Crippen molar-refractivity contribution >= 4 is 33.7 Å². The van der Waals surface area contributed by atoms with Gasteiger partial charge in [-0.15, -0.1) is 11.7 Å². The third kappa shape index (κ3) is 4.42. The second kappa shape index (κ2) is 6.15. The molecule has 6 heteroatoms. The number of thiol groups is 1. The number of ether oxygens (including phenoxy) is 1. The maximum atomic E-state index is 11.2. The van der Waals surface area contributed by atoms with E-state index in [4.69, 9.17) is 0 Å².